The Labute approximate surface area is 120 Å². The summed E-state index contributed by atoms with van der Waals surface area (Å²) in [5.74, 6) is 0.328. The molecule has 0 saturated carbocycles. The van der Waals surface area contributed by atoms with Crippen LogP contribution in [0.4, 0.5) is 19.1 Å². The van der Waals surface area contributed by atoms with E-state index in [1.165, 1.54) is 12.3 Å². The minimum Gasteiger partial charge on any atom is -0.350 e. The summed E-state index contributed by atoms with van der Waals surface area (Å²) in [5, 5.41) is 7.14. The number of nitrogens with one attached hydrogen (secondary N) is 1. The van der Waals surface area contributed by atoms with Crippen LogP contribution in [0.25, 0.3) is 0 Å². The predicted molar refractivity (Wildman–Crippen MR) is 71.7 cm³/mol. The Balaban J connectivity index is 1.91. The molecule has 2 heterocycles. The number of alkyl halides is 3. The highest BCUT2D eigenvalue weighted by atomic mass is 19.4. The molecule has 0 fully saturated rings. The fraction of sp³-hybridized carbons (Fsp3) is 0.462. The topological polar surface area (TPSA) is 55.6 Å². The Morgan fingerprint density at radius 2 is 2.14 bits per heavy atom. The maximum Gasteiger partial charge on any atom is 0.389 e. The smallest absolute Gasteiger partial charge is 0.350 e. The van der Waals surface area contributed by atoms with Gasteiger partial charge >= 0.3 is 6.18 Å². The van der Waals surface area contributed by atoms with Gasteiger partial charge in [0.15, 0.2) is 0 Å². The first kappa shape index (κ1) is 15.3. The Kier molecular flexibility index (Phi) is 4.77. The Bertz CT molecular complexity index is 553. The van der Waals surface area contributed by atoms with Gasteiger partial charge in [0.2, 0.25) is 5.95 Å². The van der Waals surface area contributed by atoms with E-state index in [0.717, 1.165) is 0 Å². The number of aryl methyl sites for hydroxylation is 1. The van der Waals surface area contributed by atoms with E-state index in [1.807, 2.05) is 19.2 Å². The van der Waals surface area contributed by atoms with Crippen LogP contribution in [0.3, 0.4) is 0 Å². The fourth-order valence-corrected chi connectivity index (χ4v) is 1.83. The second-order valence-electron chi connectivity index (χ2n) is 4.76. The third kappa shape index (κ3) is 5.41. The van der Waals surface area contributed by atoms with E-state index >= 15 is 0 Å². The van der Waals surface area contributed by atoms with Gasteiger partial charge in [0.1, 0.15) is 0 Å². The van der Waals surface area contributed by atoms with Gasteiger partial charge in [-0.15, -0.1) is 0 Å². The quantitative estimate of drug-likeness (QED) is 0.891. The molecule has 0 radical (unpaired) electrons. The Hall–Kier alpha value is -2.12. The molecule has 2 aromatic heterocycles. The van der Waals surface area contributed by atoms with Crippen molar-refractivity contribution in [2.75, 3.05) is 5.32 Å². The number of halogens is 3. The molecular formula is C13H16F3N5. The Morgan fingerprint density at radius 1 is 1.33 bits per heavy atom. The molecule has 0 spiro atoms. The average molecular weight is 299 g/mol. The van der Waals surface area contributed by atoms with Crippen LogP contribution in [0.1, 0.15) is 19.0 Å². The van der Waals surface area contributed by atoms with Crippen LogP contribution >= 0.6 is 0 Å². The Morgan fingerprint density at radius 3 is 2.81 bits per heavy atom. The standard InChI is InChI=1S/C13H16F3N5/c1-10(9-21-8-2-6-18-21)19-12-17-7-4-11(20-12)3-5-13(14,15)16/h2,4,6-8,10H,3,5,9H2,1H3,(H,17,19,20). The number of aromatic nitrogens is 4. The van der Waals surface area contributed by atoms with Gasteiger partial charge < -0.3 is 5.32 Å². The molecule has 8 heteroatoms. The second-order valence-corrected chi connectivity index (χ2v) is 4.76. The molecular weight excluding hydrogens is 283 g/mol. The zero-order chi connectivity index (χ0) is 15.3. The highest BCUT2D eigenvalue weighted by Crippen LogP contribution is 2.21. The highest BCUT2D eigenvalue weighted by Gasteiger charge is 2.26. The van der Waals surface area contributed by atoms with Crippen LogP contribution in [-0.2, 0) is 13.0 Å². The van der Waals surface area contributed by atoms with Gasteiger partial charge in [-0.1, -0.05) is 0 Å². The molecule has 2 rings (SSSR count). The normalized spacial score (nSPS) is 13.1. The fourth-order valence-electron chi connectivity index (χ4n) is 1.83. The van der Waals surface area contributed by atoms with Crippen LogP contribution in [0.5, 0.6) is 0 Å². The average Bonchev–Trinajstić information content (AvgIpc) is 2.88. The SMILES string of the molecule is CC(Cn1cccn1)Nc1nccc(CCC(F)(F)F)n1. The van der Waals surface area contributed by atoms with Crippen molar-refractivity contribution in [2.45, 2.75) is 38.5 Å². The number of rotatable bonds is 6. The molecule has 0 amide bonds. The lowest BCUT2D eigenvalue weighted by Crippen LogP contribution is -2.23. The van der Waals surface area contributed by atoms with Crippen molar-refractivity contribution in [3.8, 4) is 0 Å². The monoisotopic (exact) mass is 299 g/mol. The summed E-state index contributed by atoms with van der Waals surface area (Å²) in [5.41, 5.74) is 0.371. The van der Waals surface area contributed by atoms with Crippen molar-refractivity contribution in [1.82, 2.24) is 19.7 Å². The van der Waals surface area contributed by atoms with Crippen molar-refractivity contribution < 1.29 is 13.2 Å². The molecule has 0 aliphatic rings. The van der Waals surface area contributed by atoms with Crippen LogP contribution in [0.2, 0.25) is 0 Å². The van der Waals surface area contributed by atoms with Gasteiger partial charge in [0.25, 0.3) is 0 Å². The molecule has 21 heavy (non-hydrogen) atoms. The van der Waals surface area contributed by atoms with Gasteiger partial charge in [0.05, 0.1) is 6.54 Å². The third-order valence-electron chi connectivity index (χ3n) is 2.77. The number of hydrogen-bond donors (Lipinski definition) is 1. The number of anilines is 1. The maximum absolute atomic E-state index is 12.2. The lowest BCUT2D eigenvalue weighted by molar-refractivity contribution is -0.134. The van der Waals surface area contributed by atoms with Crippen molar-refractivity contribution in [3.63, 3.8) is 0 Å². The van der Waals surface area contributed by atoms with E-state index in [-0.39, 0.29) is 12.5 Å². The van der Waals surface area contributed by atoms with Crippen molar-refractivity contribution in [2.24, 2.45) is 0 Å². The third-order valence-corrected chi connectivity index (χ3v) is 2.77. The summed E-state index contributed by atoms with van der Waals surface area (Å²) in [6.45, 7) is 2.54. The van der Waals surface area contributed by atoms with Crippen LogP contribution in [-0.4, -0.2) is 32.0 Å². The zero-order valence-corrected chi connectivity index (χ0v) is 11.5. The summed E-state index contributed by atoms with van der Waals surface area (Å²) in [6, 6.07) is 3.32. The van der Waals surface area contributed by atoms with Gasteiger partial charge in [-0.2, -0.15) is 18.3 Å². The second kappa shape index (κ2) is 6.55. The van der Waals surface area contributed by atoms with Gasteiger partial charge in [-0.25, -0.2) is 9.97 Å². The molecule has 0 aliphatic heterocycles. The minimum absolute atomic E-state index is 0.00256. The first-order valence-electron chi connectivity index (χ1n) is 6.55. The molecule has 0 aliphatic carbocycles. The summed E-state index contributed by atoms with van der Waals surface area (Å²) < 4.78 is 38.3. The molecule has 0 bridgehead atoms. The first-order chi connectivity index (χ1) is 9.92. The van der Waals surface area contributed by atoms with Crippen molar-refractivity contribution >= 4 is 5.95 Å². The highest BCUT2D eigenvalue weighted by molar-refractivity contribution is 5.26. The molecule has 1 atom stereocenters. The molecule has 1 unspecified atom stereocenters. The van der Waals surface area contributed by atoms with Crippen molar-refractivity contribution in [1.29, 1.82) is 0 Å². The number of nitrogens with zero attached hydrogens (tertiary/aromatic N) is 4. The van der Waals surface area contributed by atoms with E-state index in [4.69, 9.17) is 0 Å². The zero-order valence-electron chi connectivity index (χ0n) is 11.5. The van der Waals surface area contributed by atoms with E-state index in [1.54, 1.807) is 10.9 Å². The van der Waals surface area contributed by atoms with Crippen LogP contribution < -0.4 is 5.32 Å². The summed E-state index contributed by atoms with van der Waals surface area (Å²) in [4.78, 5) is 8.11. The summed E-state index contributed by atoms with van der Waals surface area (Å²) in [6.07, 6.45) is -0.228. The molecule has 114 valence electrons. The van der Waals surface area contributed by atoms with E-state index in [0.29, 0.717) is 18.2 Å². The number of hydrogen-bond acceptors (Lipinski definition) is 4. The molecule has 0 saturated heterocycles. The lowest BCUT2D eigenvalue weighted by Gasteiger charge is -2.14. The lowest BCUT2D eigenvalue weighted by atomic mass is 10.2. The van der Waals surface area contributed by atoms with Crippen molar-refractivity contribution in [3.05, 3.63) is 36.4 Å². The van der Waals surface area contributed by atoms with Gasteiger partial charge in [-0.3, -0.25) is 4.68 Å². The predicted octanol–water partition coefficient (Wildman–Crippen LogP) is 2.67. The largest absolute Gasteiger partial charge is 0.389 e. The molecule has 5 nitrogen and oxygen atoms in total. The van der Waals surface area contributed by atoms with E-state index < -0.39 is 12.6 Å². The molecule has 2 aromatic rings. The summed E-state index contributed by atoms with van der Waals surface area (Å²) in [7, 11) is 0. The molecule has 0 aromatic carbocycles. The van der Waals surface area contributed by atoms with Gasteiger partial charge in [-0.05, 0) is 25.5 Å². The molecule has 1 N–H and O–H groups in total. The van der Waals surface area contributed by atoms with E-state index in [9.17, 15) is 13.2 Å². The van der Waals surface area contributed by atoms with Crippen LogP contribution in [0, 0.1) is 0 Å². The van der Waals surface area contributed by atoms with Gasteiger partial charge in [0, 0.05) is 36.7 Å². The minimum atomic E-state index is -4.17. The van der Waals surface area contributed by atoms with E-state index in [2.05, 4.69) is 20.4 Å². The van der Waals surface area contributed by atoms with Crippen LogP contribution in [0.15, 0.2) is 30.7 Å². The first-order valence-corrected chi connectivity index (χ1v) is 6.55. The summed E-state index contributed by atoms with van der Waals surface area (Å²) >= 11 is 0. The maximum atomic E-state index is 12.2.